The highest BCUT2D eigenvalue weighted by atomic mass is 14.2. The highest BCUT2D eigenvalue weighted by Crippen LogP contribution is 2.28. The molecule has 0 N–H and O–H groups in total. The molecule has 0 bridgehead atoms. The SMILES string of the molecule is C=C(C)CC.CC(C)(C)C.Cc1cc(C)c(C)c(C(C)(C)C)c1. The molecule has 0 nitrogen and oxygen atoms in total. The summed E-state index contributed by atoms with van der Waals surface area (Å²) in [6.45, 7) is 29.9. The highest BCUT2D eigenvalue weighted by Gasteiger charge is 2.17. The van der Waals surface area contributed by atoms with E-state index in [1.807, 2.05) is 6.92 Å². The Kier molecular flexibility index (Phi) is 10.5. The second-order valence-corrected chi connectivity index (χ2v) is 9.32. The van der Waals surface area contributed by atoms with E-state index in [1.54, 1.807) is 0 Å². The molecule has 0 radical (unpaired) electrons. The Bertz CT molecular complexity index is 470. The minimum Gasteiger partial charge on any atom is -0.100 e. The van der Waals surface area contributed by atoms with Crippen molar-refractivity contribution in [3.05, 3.63) is 46.5 Å². The zero-order valence-electron chi connectivity index (χ0n) is 18.1. The topological polar surface area (TPSA) is 0 Å². The summed E-state index contributed by atoms with van der Waals surface area (Å²) < 4.78 is 0. The van der Waals surface area contributed by atoms with Gasteiger partial charge in [0.1, 0.15) is 0 Å². The van der Waals surface area contributed by atoms with E-state index in [4.69, 9.17) is 0 Å². The summed E-state index contributed by atoms with van der Waals surface area (Å²) in [5.74, 6) is 0. The van der Waals surface area contributed by atoms with Crippen LogP contribution in [0.1, 0.15) is 91.0 Å². The van der Waals surface area contributed by atoms with E-state index >= 15 is 0 Å². The molecule has 0 spiro atoms. The quantitative estimate of drug-likeness (QED) is 0.461. The molecule has 0 aliphatic heterocycles. The number of aryl methyl sites for hydroxylation is 2. The van der Waals surface area contributed by atoms with Crippen molar-refractivity contribution in [2.75, 3.05) is 0 Å². The van der Waals surface area contributed by atoms with Gasteiger partial charge in [0.05, 0.1) is 0 Å². The predicted molar refractivity (Wildman–Crippen MR) is 110 cm³/mol. The summed E-state index contributed by atoms with van der Waals surface area (Å²) in [5.41, 5.74) is 7.71. The van der Waals surface area contributed by atoms with Crippen molar-refractivity contribution >= 4 is 0 Å². The molecule has 1 aromatic rings. The number of benzene rings is 1. The van der Waals surface area contributed by atoms with Crippen LogP contribution in [0.15, 0.2) is 24.3 Å². The Morgan fingerprint density at radius 1 is 0.913 bits per heavy atom. The average Bonchev–Trinajstić information content (AvgIpc) is 2.31. The minimum atomic E-state index is 0.265. The van der Waals surface area contributed by atoms with Crippen molar-refractivity contribution in [2.24, 2.45) is 5.41 Å². The molecule has 0 atom stereocenters. The third-order valence-electron chi connectivity index (χ3n) is 3.22. The fraction of sp³-hybridized carbons (Fsp3) is 0.652. The second-order valence-electron chi connectivity index (χ2n) is 9.32. The van der Waals surface area contributed by atoms with Crippen LogP contribution in [0.3, 0.4) is 0 Å². The van der Waals surface area contributed by atoms with Crippen LogP contribution in [-0.4, -0.2) is 0 Å². The largest absolute Gasteiger partial charge is 0.100 e. The molecule has 0 unspecified atom stereocenters. The molecular formula is C23H42. The Hall–Kier alpha value is -1.04. The summed E-state index contributed by atoms with van der Waals surface area (Å²) in [6, 6.07) is 4.56. The number of hydrogen-bond acceptors (Lipinski definition) is 0. The van der Waals surface area contributed by atoms with Gasteiger partial charge in [-0.2, -0.15) is 0 Å². The van der Waals surface area contributed by atoms with Gasteiger partial charge in [-0.15, -0.1) is 6.58 Å². The monoisotopic (exact) mass is 318 g/mol. The number of rotatable bonds is 1. The van der Waals surface area contributed by atoms with Crippen LogP contribution in [0.25, 0.3) is 0 Å². The molecule has 0 heteroatoms. The lowest BCUT2D eigenvalue weighted by molar-refractivity contribution is 0.469. The van der Waals surface area contributed by atoms with E-state index in [0.717, 1.165) is 6.42 Å². The molecule has 1 rings (SSSR count). The maximum Gasteiger partial charge on any atom is -0.0129 e. The maximum absolute atomic E-state index is 3.67. The second kappa shape index (κ2) is 9.96. The molecule has 0 aromatic heterocycles. The molecule has 0 saturated carbocycles. The van der Waals surface area contributed by atoms with Gasteiger partial charge in [0.25, 0.3) is 0 Å². The first-order chi connectivity index (χ1) is 10.1. The van der Waals surface area contributed by atoms with Gasteiger partial charge in [0.15, 0.2) is 0 Å². The van der Waals surface area contributed by atoms with Crippen molar-refractivity contribution in [3.8, 4) is 0 Å². The van der Waals surface area contributed by atoms with E-state index < -0.39 is 0 Å². The summed E-state index contributed by atoms with van der Waals surface area (Å²) in [6.07, 6.45) is 1.11. The summed E-state index contributed by atoms with van der Waals surface area (Å²) in [7, 11) is 0. The zero-order valence-corrected chi connectivity index (χ0v) is 18.1. The van der Waals surface area contributed by atoms with Crippen LogP contribution in [0.4, 0.5) is 0 Å². The Labute approximate surface area is 147 Å². The highest BCUT2D eigenvalue weighted by molar-refractivity contribution is 5.40. The van der Waals surface area contributed by atoms with Crippen LogP contribution < -0.4 is 0 Å². The van der Waals surface area contributed by atoms with Crippen LogP contribution >= 0.6 is 0 Å². The first-order valence-corrected chi connectivity index (χ1v) is 8.82. The molecule has 0 heterocycles. The van der Waals surface area contributed by atoms with E-state index in [2.05, 4.69) is 94.9 Å². The minimum absolute atomic E-state index is 0.265. The predicted octanol–water partition coefficient (Wildman–Crippen LogP) is 7.93. The maximum atomic E-state index is 3.67. The smallest absolute Gasteiger partial charge is 0.0129 e. The standard InChI is InChI=1S/C13H20.C5H12.C5H10/c1-9-7-10(2)11(3)12(8-9)13(4,5)6;1-5(2,3)4;1-4-5(2)3/h7-8H,1-6H3;1-4H3;2,4H2,1,3H3. The molecule has 0 amide bonds. The molecule has 134 valence electrons. The Morgan fingerprint density at radius 3 is 1.52 bits per heavy atom. The Morgan fingerprint density at radius 2 is 1.26 bits per heavy atom. The van der Waals surface area contributed by atoms with Crippen LogP contribution in [0.5, 0.6) is 0 Å². The third-order valence-corrected chi connectivity index (χ3v) is 3.22. The van der Waals surface area contributed by atoms with Gasteiger partial charge in [-0.25, -0.2) is 0 Å². The van der Waals surface area contributed by atoms with Gasteiger partial charge >= 0.3 is 0 Å². The molecule has 0 aliphatic carbocycles. The van der Waals surface area contributed by atoms with E-state index in [9.17, 15) is 0 Å². The molecule has 1 aromatic carbocycles. The van der Waals surface area contributed by atoms with Crippen LogP contribution in [-0.2, 0) is 5.41 Å². The Balaban J connectivity index is 0. The van der Waals surface area contributed by atoms with Gasteiger partial charge in [0.2, 0.25) is 0 Å². The lowest BCUT2D eigenvalue weighted by Gasteiger charge is -2.23. The zero-order chi connectivity index (χ0) is 19.0. The van der Waals surface area contributed by atoms with Crippen LogP contribution in [0.2, 0.25) is 0 Å². The molecular weight excluding hydrogens is 276 g/mol. The summed E-state index contributed by atoms with van der Waals surface area (Å²) in [4.78, 5) is 0. The summed E-state index contributed by atoms with van der Waals surface area (Å²) in [5, 5.41) is 0. The van der Waals surface area contributed by atoms with Gasteiger partial charge in [-0.1, -0.05) is 78.7 Å². The molecule has 23 heavy (non-hydrogen) atoms. The third kappa shape index (κ3) is 14.3. The molecule has 0 aliphatic rings. The van der Waals surface area contributed by atoms with Gasteiger partial charge < -0.3 is 0 Å². The van der Waals surface area contributed by atoms with Gasteiger partial charge in [-0.3, -0.25) is 0 Å². The lowest BCUT2D eigenvalue weighted by atomic mass is 9.82. The lowest BCUT2D eigenvalue weighted by Crippen LogP contribution is -2.14. The van der Waals surface area contributed by atoms with Crippen molar-refractivity contribution in [1.29, 1.82) is 0 Å². The molecule has 0 fully saturated rings. The summed E-state index contributed by atoms with van der Waals surface area (Å²) >= 11 is 0. The first-order valence-electron chi connectivity index (χ1n) is 8.82. The van der Waals surface area contributed by atoms with Crippen molar-refractivity contribution in [3.63, 3.8) is 0 Å². The van der Waals surface area contributed by atoms with Crippen LogP contribution in [0, 0.1) is 26.2 Å². The van der Waals surface area contributed by atoms with Crippen molar-refractivity contribution in [1.82, 2.24) is 0 Å². The number of allylic oxidation sites excluding steroid dienone is 1. The van der Waals surface area contributed by atoms with E-state index in [-0.39, 0.29) is 5.41 Å². The van der Waals surface area contributed by atoms with Crippen molar-refractivity contribution < 1.29 is 0 Å². The fourth-order valence-corrected chi connectivity index (χ4v) is 1.82. The fourth-order valence-electron chi connectivity index (χ4n) is 1.82. The van der Waals surface area contributed by atoms with Gasteiger partial charge in [0, 0.05) is 0 Å². The van der Waals surface area contributed by atoms with E-state index in [1.165, 1.54) is 27.8 Å². The normalized spacial score (nSPS) is 11.0. The molecule has 0 saturated heterocycles. The number of hydrogen-bond donors (Lipinski definition) is 0. The average molecular weight is 319 g/mol. The van der Waals surface area contributed by atoms with E-state index in [0.29, 0.717) is 5.41 Å². The van der Waals surface area contributed by atoms with Crippen molar-refractivity contribution in [2.45, 2.75) is 94.9 Å². The first kappa shape index (κ1) is 24.2. The van der Waals surface area contributed by atoms with Gasteiger partial charge in [-0.05, 0) is 61.6 Å².